The molecule has 0 radical (unpaired) electrons. The maximum atomic E-state index is 13.1. The van der Waals surface area contributed by atoms with Gasteiger partial charge in [0.05, 0.1) is 11.0 Å². The molecular formula is C27H27N3O3. The van der Waals surface area contributed by atoms with Crippen LogP contribution in [0.25, 0.3) is 10.9 Å². The van der Waals surface area contributed by atoms with Gasteiger partial charge in [0.25, 0.3) is 5.69 Å². The zero-order chi connectivity index (χ0) is 23.4. The highest BCUT2D eigenvalue weighted by atomic mass is 16.6. The van der Waals surface area contributed by atoms with Crippen LogP contribution in [0, 0.1) is 10.1 Å². The lowest BCUT2D eigenvalue weighted by Crippen LogP contribution is -2.28. The van der Waals surface area contributed by atoms with E-state index in [1.54, 1.807) is 12.1 Å². The Balaban J connectivity index is 1.70. The fraction of sp³-hybridized carbons (Fsp3) is 0.222. The van der Waals surface area contributed by atoms with Crippen LogP contribution in [0.1, 0.15) is 54.5 Å². The predicted molar refractivity (Wildman–Crippen MR) is 130 cm³/mol. The SMILES string of the molecule is CCc1cccc2c(C(CC(=O)NC(C)c3ccccc3)c3cccc([N+](=O)[O-])c3)c[nH]c12. The number of amides is 1. The maximum absolute atomic E-state index is 13.1. The van der Waals surface area contributed by atoms with Gasteiger partial charge in [-0.1, -0.05) is 67.6 Å². The lowest BCUT2D eigenvalue weighted by molar-refractivity contribution is -0.384. The van der Waals surface area contributed by atoms with Crippen LogP contribution >= 0.6 is 0 Å². The molecule has 2 atom stereocenters. The molecule has 0 saturated heterocycles. The summed E-state index contributed by atoms with van der Waals surface area (Å²) >= 11 is 0. The number of aryl methyl sites for hydroxylation is 1. The minimum atomic E-state index is -0.400. The second-order valence-electron chi connectivity index (χ2n) is 8.25. The summed E-state index contributed by atoms with van der Waals surface area (Å²) in [6.07, 6.45) is 3.00. The van der Waals surface area contributed by atoms with E-state index >= 15 is 0 Å². The van der Waals surface area contributed by atoms with Crippen molar-refractivity contribution in [3.8, 4) is 0 Å². The van der Waals surface area contributed by atoms with Crippen LogP contribution in [0.15, 0.2) is 79.0 Å². The van der Waals surface area contributed by atoms with Crippen molar-refractivity contribution in [2.75, 3.05) is 0 Å². The molecule has 3 aromatic carbocycles. The molecular weight excluding hydrogens is 414 g/mol. The fourth-order valence-electron chi connectivity index (χ4n) is 4.40. The molecule has 0 saturated carbocycles. The summed E-state index contributed by atoms with van der Waals surface area (Å²) in [7, 11) is 0. The molecule has 0 fully saturated rings. The molecule has 2 N–H and O–H groups in total. The summed E-state index contributed by atoms with van der Waals surface area (Å²) in [6, 6.07) is 22.4. The van der Waals surface area contributed by atoms with Gasteiger partial charge in [0, 0.05) is 41.6 Å². The average Bonchev–Trinajstić information content (AvgIpc) is 3.27. The van der Waals surface area contributed by atoms with Crippen molar-refractivity contribution >= 4 is 22.5 Å². The minimum Gasteiger partial charge on any atom is -0.361 e. The normalized spacial score (nSPS) is 12.9. The van der Waals surface area contributed by atoms with E-state index in [4.69, 9.17) is 0 Å². The molecule has 4 rings (SSSR count). The maximum Gasteiger partial charge on any atom is 0.269 e. The number of aromatic amines is 1. The Labute approximate surface area is 192 Å². The first kappa shape index (κ1) is 22.3. The van der Waals surface area contributed by atoms with Crippen molar-refractivity contribution in [3.63, 3.8) is 0 Å². The minimum absolute atomic E-state index is 0.0182. The van der Waals surface area contributed by atoms with Gasteiger partial charge in [-0.05, 0) is 35.6 Å². The second kappa shape index (κ2) is 9.69. The number of nitrogens with zero attached hydrogens (tertiary/aromatic N) is 1. The summed E-state index contributed by atoms with van der Waals surface area (Å²) in [5.41, 5.74) is 4.99. The van der Waals surface area contributed by atoms with E-state index in [0.29, 0.717) is 0 Å². The number of rotatable bonds is 8. The fourth-order valence-corrected chi connectivity index (χ4v) is 4.40. The predicted octanol–water partition coefficient (Wildman–Crippen LogP) is 6.04. The number of nitro benzene ring substituents is 1. The Morgan fingerprint density at radius 1 is 1.03 bits per heavy atom. The van der Waals surface area contributed by atoms with E-state index in [1.165, 1.54) is 11.6 Å². The third-order valence-electron chi connectivity index (χ3n) is 6.14. The monoisotopic (exact) mass is 441 g/mol. The second-order valence-corrected chi connectivity index (χ2v) is 8.25. The third kappa shape index (κ3) is 4.80. The van der Waals surface area contributed by atoms with Crippen LogP contribution in [0.3, 0.4) is 0 Å². The molecule has 1 amide bonds. The zero-order valence-corrected chi connectivity index (χ0v) is 18.7. The number of H-pyrrole nitrogens is 1. The molecule has 6 nitrogen and oxygen atoms in total. The number of hydrogen-bond donors (Lipinski definition) is 2. The Hall–Kier alpha value is -3.93. The van der Waals surface area contributed by atoms with Crippen LogP contribution in [-0.4, -0.2) is 15.8 Å². The van der Waals surface area contributed by atoms with Crippen LogP contribution in [0.5, 0.6) is 0 Å². The molecule has 0 aliphatic carbocycles. The van der Waals surface area contributed by atoms with Crippen LogP contribution in [-0.2, 0) is 11.2 Å². The first-order valence-electron chi connectivity index (χ1n) is 11.2. The van der Waals surface area contributed by atoms with Crippen molar-refractivity contribution < 1.29 is 9.72 Å². The summed E-state index contributed by atoms with van der Waals surface area (Å²) in [6.45, 7) is 4.06. The molecule has 168 valence electrons. The standard InChI is InChI=1S/C27H27N3O3/c1-3-19-11-8-14-23-25(17-28-27(19)23)24(21-12-7-13-22(15-21)30(32)33)16-26(31)29-18(2)20-9-5-4-6-10-20/h4-15,17-18,24,28H,3,16H2,1-2H3,(H,29,31). The average molecular weight is 442 g/mol. The topological polar surface area (TPSA) is 88.0 Å². The molecule has 33 heavy (non-hydrogen) atoms. The molecule has 0 bridgehead atoms. The largest absolute Gasteiger partial charge is 0.361 e. The quantitative estimate of drug-likeness (QED) is 0.258. The lowest BCUT2D eigenvalue weighted by Gasteiger charge is -2.20. The van der Waals surface area contributed by atoms with E-state index in [-0.39, 0.29) is 30.0 Å². The van der Waals surface area contributed by atoms with Gasteiger partial charge in [0.1, 0.15) is 0 Å². The molecule has 0 aliphatic heterocycles. The van der Waals surface area contributed by atoms with Crippen molar-refractivity contribution in [1.82, 2.24) is 10.3 Å². The number of non-ortho nitro benzene ring substituents is 1. The molecule has 6 heteroatoms. The lowest BCUT2D eigenvalue weighted by atomic mass is 9.87. The first-order chi connectivity index (χ1) is 16.0. The summed E-state index contributed by atoms with van der Waals surface area (Å²) in [5, 5.41) is 15.5. The number of nitrogens with one attached hydrogen (secondary N) is 2. The van der Waals surface area contributed by atoms with Gasteiger partial charge >= 0.3 is 0 Å². The number of aromatic nitrogens is 1. The van der Waals surface area contributed by atoms with Crippen molar-refractivity contribution in [1.29, 1.82) is 0 Å². The van der Waals surface area contributed by atoms with Gasteiger partial charge in [-0.15, -0.1) is 0 Å². The van der Waals surface area contributed by atoms with Crippen LogP contribution in [0.4, 0.5) is 5.69 Å². The third-order valence-corrected chi connectivity index (χ3v) is 6.14. The molecule has 1 aromatic heterocycles. The number of para-hydroxylation sites is 1. The smallest absolute Gasteiger partial charge is 0.269 e. The van der Waals surface area contributed by atoms with Gasteiger partial charge in [-0.3, -0.25) is 14.9 Å². The van der Waals surface area contributed by atoms with Gasteiger partial charge in [-0.25, -0.2) is 0 Å². The number of fused-ring (bicyclic) bond motifs is 1. The number of carbonyl (C=O) groups excluding carboxylic acids is 1. The molecule has 4 aromatic rings. The molecule has 0 aliphatic rings. The zero-order valence-electron chi connectivity index (χ0n) is 18.7. The molecule has 1 heterocycles. The first-order valence-corrected chi connectivity index (χ1v) is 11.2. The Morgan fingerprint density at radius 3 is 2.48 bits per heavy atom. The highest BCUT2D eigenvalue weighted by Crippen LogP contribution is 2.36. The van der Waals surface area contributed by atoms with E-state index < -0.39 is 4.92 Å². The van der Waals surface area contributed by atoms with E-state index in [0.717, 1.165) is 34.0 Å². The molecule has 2 unspecified atom stereocenters. The van der Waals surface area contributed by atoms with Crippen LogP contribution < -0.4 is 5.32 Å². The van der Waals surface area contributed by atoms with E-state index in [9.17, 15) is 14.9 Å². The number of nitro groups is 1. The van der Waals surface area contributed by atoms with Crippen LogP contribution in [0.2, 0.25) is 0 Å². The molecule has 0 spiro atoms. The Kier molecular flexibility index (Phi) is 6.54. The Morgan fingerprint density at radius 2 is 1.76 bits per heavy atom. The number of hydrogen-bond acceptors (Lipinski definition) is 3. The highest BCUT2D eigenvalue weighted by molar-refractivity contribution is 5.88. The Bertz CT molecular complexity index is 1280. The van der Waals surface area contributed by atoms with E-state index in [2.05, 4.69) is 23.3 Å². The van der Waals surface area contributed by atoms with Crippen molar-refractivity contribution in [2.45, 2.75) is 38.6 Å². The summed E-state index contributed by atoms with van der Waals surface area (Å²) in [4.78, 5) is 27.5. The van der Waals surface area contributed by atoms with Crippen molar-refractivity contribution in [2.24, 2.45) is 0 Å². The summed E-state index contributed by atoms with van der Waals surface area (Å²) < 4.78 is 0. The van der Waals surface area contributed by atoms with Gasteiger partial charge in [-0.2, -0.15) is 0 Å². The highest BCUT2D eigenvalue weighted by Gasteiger charge is 2.24. The number of benzene rings is 3. The summed E-state index contributed by atoms with van der Waals surface area (Å²) in [5.74, 6) is -0.433. The van der Waals surface area contributed by atoms with Gasteiger partial charge in [0.2, 0.25) is 5.91 Å². The van der Waals surface area contributed by atoms with E-state index in [1.807, 2.05) is 61.7 Å². The van der Waals surface area contributed by atoms with Crippen molar-refractivity contribution in [3.05, 3.63) is 111 Å². The van der Waals surface area contributed by atoms with Gasteiger partial charge < -0.3 is 10.3 Å². The van der Waals surface area contributed by atoms with Gasteiger partial charge in [0.15, 0.2) is 0 Å². The number of carbonyl (C=O) groups is 1.